The molecule has 1 fully saturated rings. The van der Waals surface area contributed by atoms with Gasteiger partial charge in [-0.25, -0.2) is 15.0 Å². The van der Waals surface area contributed by atoms with E-state index in [9.17, 15) is 5.11 Å². The van der Waals surface area contributed by atoms with E-state index in [2.05, 4.69) is 15.0 Å². The van der Waals surface area contributed by atoms with Crippen molar-refractivity contribution in [1.29, 1.82) is 0 Å². The smallest absolute Gasteiger partial charge is 0.167 e. The van der Waals surface area contributed by atoms with Gasteiger partial charge in [0.15, 0.2) is 17.7 Å². The van der Waals surface area contributed by atoms with Crippen LogP contribution in [0.1, 0.15) is 6.23 Å². The van der Waals surface area contributed by atoms with Gasteiger partial charge in [0.1, 0.15) is 24.1 Å². The molecule has 0 amide bonds. The molecule has 4 atom stereocenters. The van der Waals surface area contributed by atoms with Crippen LogP contribution in [-0.2, 0) is 4.74 Å². The largest absolute Gasteiger partial charge is 0.394 e. The Kier molecular flexibility index (Phi) is 2.82. The minimum absolute atomic E-state index is 0.259. The van der Waals surface area contributed by atoms with E-state index in [0.29, 0.717) is 11.2 Å². The molecule has 0 aliphatic carbocycles. The molecule has 1 saturated heterocycles. The molecule has 1 aliphatic rings. The first-order valence-corrected chi connectivity index (χ1v) is 5.76. The summed E-state index contributed by atoms with van der Waals surface area (Å²) in [7, 11) is 0. The molecule has 3 rings (SSSR count). The van der Waals surface area contributed by atoms with Crippen LogP contribution in [0.5, 0.6) is 0 Å². The number of hydrogen-bond acceptors (Lipinski definition) is 8. The quantitative estimate of drug-likeness (QED) is 0.487. The van der Waals surface area contributed by atoms with Crippen LogP contribution >= 0.6 is 0 Å². The predicted octanol–water partition coefficient (Wildman–Crippen LogP) is -2.01. The van der Waals surface area contributed by atoms with Crippen molar-refractivity contribution >= 4 is 17.0 Å². The fraction of sp³-hybridized carbons (Fsp3) is 0.500. The SMILES string of the molecule is Nc1ncnc2c1ncn2C1O[C@H](CO)[C@@H](O)C1N. The molecule has 102 valence electrons. The summed E-state index contributed by atoms with van der Waals surface area (Å²) in [6.07, 6.45) is 0.456. The summed E-state index contributed by atoms with van der Waals surface area (Å²) < 4.78 is 7.10. The highest BCUT2D eigenvalue weighted by molar-refractivity contribution is 5.81. The molecule has 1 aliphatic heterocycles. The number of rotatable bonds is 2. The minimum atomic E-state index is -0.952. The van der Waals surface area contributed by atoms with Crippen molar-refractivity contribution in [3.05, 3.63) is 12.7 Å². The lowest BCUT2D eigenvalue weighted by molar-refractivity contribution is -0.0437. The summed E-state index contributed by atoms with van der Waals surface area (Å²) in [5.74, 6) is 0.259. The van der Waals surface area contributed by atoms with Crippen LogP contribution in [0.3, 0.4) is 0 Å². The summed E-state index contributed by atoms with van der Waals surface area (Å²) in [6, 6.07) is -0.689. The van der Waals surface area contributed by atoms with Crippen molar-refractivity contribution in [2.24, 2.45) is 5.73 Å². The number of nitrogens with zero attached hydrogens (tertiary/aromatic N) is 4. The van der Waals surface area contributed by atoms with Gasteiger partial charge < -0.3 is 26.4 Å². The fourth-order valence-electron chi connectivity index (χ4n) is 2.23. The van der Waals surface area contributed by atoms with Crippen molar-refractivity contribution in [2.45, 2.75) is 24.5 Å². The zero-order valence-electron chi connectivity index (χ0n) is 9.92. The van der Waals surface area contributed by atoms with Gasteiger partial charge in [0.05, 0.1) is 19.0 Å². The second-order valence-electron chi connectivity index (χ2n) is 4.40. The standard InChI is InChI=1S/C10H14N6O3/c11-5-7(18)4(1-17)19-10(5)16-3-15-6-8(12)13-2-14-9(6)16/h2-5,7,10,17-18H,1,11H2,(H2,12,13,14)/t4-,5?,7-,10?/m1/s1. The Balaban J connectivity index is 2.04. The molecular weight excluding hydrogens is 252 g/mol. The molecule has 2 unspecified atom stereocenters. The summed E-state index contributed by atoms with van der Waals surface area (Å²) in [5.41, 5.74) is 12.5. The van der Waals surface area contributed by atoms with E-state index in [1.807, 2.05) is 0 Å². The first kappa shape index (κ1) is 12.2. The first-order chi connectivity index (χ1) is 9.13. The van der Waals surface area contributed by atoms with E-state index in [0.717, 1.165) is 0 Å². The van der Waals surface area contributed by atoms with Crippen molar-refractivity contribution in [2.75, 3.05) is 12.3 Å². The average Bonchev–Trinajstić information content (AvgIpc) is 2.94. The van der Waals surface area contributed by atoms with Gasteiger partial charge in [0.2, 0.25) is 0 Å². The number of aliphatic hydroxyl groups excluding tert-OH is 2. The number of aromatic nitrogens is 4. The zero-order valence-corrected chi connectivity index (χ0v) is 9.92. The van der Waals surface area contributed by atoms with E-state index in [1.54, 1.807) is 4.57 Å². The Morgan fingerprint density at radius 2 is 2.16 bits per heavy atom. The van der Waals surface area contributed by atoms with Gasteiger partial charge in [-0.15, -0.1) is 0 Å². The average molecular weight is 266 g/mol. The molecule has 3 heterocycles. The topological polar surface area (TPSA) is 145 Å². The monoisotopic (exact) mass is 266 g/mol. The summed E-state index contributed by atoms with van der Waals surface area (Å²) >= 11 is 0. The maximum Gasteiger partial charge on any atom is 0.167 e. The van der Waals surface area contributed by atoms with Crippen LogP contribution in [0.25, 0.3) is 11.2 Å². The van der Waals surface area contributed by atoms with Crippen LogP contribution < -0.4 is 11.5 Å². The van der Waals surface area contributed by atoms with Crippen LogP contribution in [0, 0.1) is 0 Å². The lowest BCUT2D eigenvalue weighted by Gasteiger charge is -2.17. The highest BCUT2D eigenvalue weighted by atomic mass is 16.5. The van der Waals surface area contributed by atoms with E-state index >= 15 is 0 Å². The molecule has 2 aromatic rings. The first-order valence-electron chi connectivity index (χ1n) is 5.76. The molecule has 19 heavy (non-hydrogen) atoms. The van der Waals surface area contributed by atoms with Crippen molar-refractivity contribution in [3.8, 4) is 0 Å². The second-order valence-corrected chi connectivity index (χ2v) is 4.40. The van der Waals surface area contributed by atoms with Gasteiger partial charge >= 0.3 is 0 Å². The Morgan fingerprint density at radius 3 is 2.84 bits per heavy atom. The maximum atomic E-state index is 9.85. The fourth-order valence-corrected chi connectivity index (χ4v) is 2.23. The molecule has 0 bridgehead atoms. The van der Waals surface area contributed by atoms with Crippen molar-refractivity contribution < 1.29 is 14.9 Å². The molecule has 0 radical (unpaired) electrons. The Bertz CT molecular complexity index is 602. The van der Waals surface area contributed by atoms with Crippen LogP contribution in [-0.4, -0.2) is 54.6 Å². The highest BCUT2D eigenvalue weighted by Gasteiger charge is 2.42. The van der Waals surface area contributed by atoms with Gasteiger partial charge in [-0.05, 0) is 0 Å². The maximum absolute atomic E-state index is 9.85. The number of nitrogen functional groups attached to an aromatic ring is 1. The number of aliphatic hydroxyl groups is 2. The lowest BCUT2D eigenvalue weighted by Crippen LogP contribution is -2.39. The number of hydrogen-bond donors (Lipinski definition) is 4. The van der Waals surface area contributed by atoms with Gasteiger partial charge in [0.25, 0.3) is 0 Å². The normalized spacial score (nSPS) is 31.1. The zero-order chi connectivity index (χ0) is 13.6. The molecule has 9 heteroatoms. The van der Waals surface area contributed by atoms with Crippen molar-refractivity contribution in [1.82, 2.24) is 19.5 Å². The minimum Gasteiger partial charge on any atom is -0.394 e. The third-order valence-corrected chi connectivity index (χ3v) is 3.26. The van der Waals surface area contributed by atoms with Crippen LogP contribution in [0.4, 0.5) is 5.82 Å². The number of imidazole rings is 1. The van der Waals surface area contributed by atoms with E-state index in [4.69, 9.17) is 21.3 Å². The van der Waals surface area contributed by atoms with Gasteiger partial charge in [0, 0.05) is 0 Å². The van der Waals surface area contributed by atoms with Gasteiger partial charge in [-0.3, -0.25) is 4.57 Å². The third kappa shape index (κ3) is 1.75. The molecule has 6 N–H and O–H groups in total. The van der Waals surface area contributed by atoms with E-state index in [1.165, 1.54) is 12.7 Å². The number of anilines is 1. The summed E-state index contributed by atoms with van der Waals surface area (Å²) in [6.45, 7) is -0.310. The van der Waals surface area contributed by atoms with Crippen LogP contribution in [0.2, 0.25) is 0 Å². The molecule has 0 saturated carbocycles. The number of nitrogens with two attached hydrogens (primary N) is 2. The lowest BCUT2D eigenvalue weighted by atomic mass is 10.1. The molecule has 2 aromatic heterocycles. The Morgan fingerprint density at radius 1 is 1.37 bits per heavy atom. The number of fused-ring (bicyclic) bond motifs is 1. The predicted molar refractivity (Wildman–Crippen MR) is 64.7 cm³/mol. The molecule has 9 nitrogen and oxygen atoms in total. The van der Waals surface area contributed by atoms with Gasteiger partial charge in [-0.2, -0.15) is 0 Å². The summed E-state index contributed by atoms with van der Waals surface area (Å²) in [4.78, 5) is 12.0. The third-order valence-electron chi connectivity index (χ3n) is 3.26. The molecule has 0 spiro atoms. The second kappa shape index (κ2) is 4.38. The number of ether oxygens (including phenoxy) is 1. The van der Waals surface area contributed by atoms with Crippen LogP contribution in [0.15, 0.2) is 12.7 Å². The van der Waals surface area contributed by atoms with Crippen molar-refractivity contribution in [3.63, 3.8) is 0 Å². The Labute approximate surface area is 107 Å². The highest BCUT2D eigenvalue weighted by Crippen LogP contribution is 2.30. The van der Waals surface area contributed by atoms with E-state index in [-0.39, 0.29) is 12.4 Å². The van der Waals surface area contributed by atoms with Gasteiger partial charge in [-0.1, -0.05) is 0 Å². The molecule has 0 aromatic carbocycles. The Hall–Kier alpha value is -1.81. The molecular formula is C10H14N6O3. The summed E-state index contributed by atoms with van der Waals surface area (Å²) in [5, 5.41) is 19.0. The van der Waals surface area contributed by atoms with E-state index < -0.39 is 24.5 Å².